The molecule has 3 N–H and O–H groups in total. The van der Waals surface area contributed by atoms with Crippen molar-refractivity contribution in [3.63, 3.8) is 0 Å². The zero-order valence-electron chi connectivity index (χ0n) is 11.1. The second-order valence-corrected chi connectivity index (χ2v) is 5.19. The molecule has 1 fully saturated rings. The normalized spacial score (nSPS) is 19.2. The van der Waals surface area contributed by atoms with Gasteiger partial charge < -0.3 is 15.6 Å². The van der Waals surface area contributed by atoms with E-state index in [0.717, 1.165) is 24.2 Å². The van der Waals surface area contributed by atoms with E-state index in [-0.39, 0.29) is 0 Å². The minimum Gasteiger partial charge on any atom is -0.497 e. The van der Waals surface area contributed by atoms with Crippen molar-refractivity contribution in [1.29, 1.82) is 0 Å². The van der Waals surface area contributed by atoms with E-state index in [4.69, 9.17) is 10.5 Å². The molecule has 0 saturated heterocycles. The average molecular weight is 249 g/mol. The Bertz CT molecular complexity index is 384. The van der Waals surface area contributed by atoms with E-state index < -0.39 is 6.10 Å². The number of nitrogen functional groups attached to an aromatic ring is 1. The Morgan fingerprint density at radius 1 is 1.22 bits per heavy atom. The fraction of sp³-hybridized carbons (Fsp3) is 0.600. The van der Waals surface area contributed by atoms with Crippen LogP contribution in [0.4, 0.5) is 5.69 Å². The lowest BCUT2D eigenvalue weighted by molar-refractivity contribution is 0.0994. The Kier molecular flexibility index (Phi) is 4.48. The van der Waals surface area contributed by atoms with Gasteiger partial charge in [0.15, 0.2) is 0 Å². The molecule has 1 aromatic rings. The fourth-order valence-electron chi connectivity index (χ4n) is 2.83. The lowest BCUT2D eigenvalue weighted by Crippen LogP contribution is -2.13. The highest BCUT2D eigenvalue weighted by molar-refractivity contribution is 5.52. The summed E-state index contributed by atoms with van der Waals surface area (Å²) in [5, 5.41) is 10.5. The van der Waals surface area contributed by atoms with E-state index in [0.29, 0.717) is 11.6 Å². The van der Waals surface area contributed by atoms with Crippen LogP contribution < -0.4 is 10.5 Å². The maximum atomic E-state index is 10.5. The van der Waals surface area contributed by atoms with Crippen molar-refractivity contribution in [2.45, 2.75) is 44.6 Å². The van der Waals surface area contributed by atoms with Crippen molar-refractivity contribution in [2.24, 2.45) is 5.92 Å². The topological polar surface area (TPSA) is 55.5 Å². The van der Waals surface area contributed by atoms with Crippen molar-refractivity contribution in [3.8, 4) is 5.75 Å². The lowest BCUT2D eigenvalue weighted by Gasteiger charge is -2.23. The van der Waals surface area contributed by atoms with E-state index in [1.54, 1.807) is 13.2 Å². The highest BCUT2D eigenvalue weighted by Gasteiger charge is 2.23. The van der Waals surface area contributed by atoms with E-state index >= 15 is 0 Å². The van der Waals surface area contributed by atoms with Gasteiger partial charge >= 0.3 is 0 Å². The molecule has 100 valence electrons. The van der Waals surface area contributed by atoms with Gasteiger partial charge in [0, 0.05) is 17.3 Å². The number of hydrogen-bond acceptors (Lipinski definition) is 3. The molecule has 1 atom stereocenters. The SMILES string of the molecule is COc1ccc(C(O)C2CCCCCC2)c(N)c1. The van der Waals surface area contributed by atoms with Gasteiger partial charge in [-0.05, 0) is 24.8 Å². The average Bonchev–Trinajstić information content (AvgIpc) is 2.66. The van der Waals surface area contributed by atoms with Gasteiger partial charge in [0.1, 0.15) is 5.75 Å². The number of benzene rings is 1. The standard InChI is InChI=1S/C15H23NO2/c1-18-12-8-9-13(14(16)10-12)15(17)11-6-4-2-3-5-7-11/h8-11,15,17H,2-7,16H2,1H3. The number of methoxy groups -OCH3 is 1. The van der Waals surface area contributed by atoms with Crippen LogP contribution in [-0.2, 0) is 0 Å². The molecule has 1 saturated carbocycles. The van der Waals surface area contributed by atoms with Crippen LogP contribution in [0.25, 0.3) is 0 Å². The first kappa shape index (κ1) is 13.2. The molecule has 3 nitrogen and oxygen atoms in total. The summed E-state index contributed by atoms with van der Waals surface area (Å²) in [7, 11) is 1.62. The molecule has 1 aliphatic rings. The third-order valence-electron chi connectivity index (χ3n) is 3.96. The van der Waals surface area contributed by atoms with Crippen molar-refractivity contribution >= 4 is 5.69 Å². The van der Waals surface area contributed by atoms with Crippen LogP contribution in [0.5, 0.6) is 5.75 Å². The van der Waals surface area contributed by atoms with Gasteiger partial charge in [0.05, 0.1) is 13.2 Å². The van der Waals surface area contributed by atoms with Gasteiger partial charge in [-0.1, -0.05) is 31.7 Å². The molecule has 0 heterocycles. The minimum absolute atomic E-state index is 0.350. The summed E-state index contributed by atoms with van der Waals surface area (Å²) in [6, 6.07) is 5.55. The zero-order valence-corrected chi connectivity index (χ0v) is 11.1. The summed E-state index contributed by atoms with van der Waals surface area (Å²) in [6.45, 7) is 0. The van der Waals surface area contributed by atoms with Gasteiger partial charge in [-0.15, -0.1) is 0 Å². The minimum atomic E-state index is -0.436. The number of rotatable bonds is 3. The lowest BCUT2D eigenvalue weighted by atomic mass is 9.89. The van der Waals surface area contributed by atoms with Crippen molar-refractivity contribution in [1.82, 2.24) is 0 Å². The summed E-state index contributed by atoms with van der Waals surface area (Å²) in [6.07, 6.45) is 6.80. The van der Waals surface area contributed by atoms with Crippen LogP contribution in [0.15, 0.2) is 18.2 Å². The molecule has 0 amide bonds. The van der Waals surface area contributed by atoms with Crippen LogP contribution in [0.3, 0.4) is 0 Å². The predicted molar refractivity (Wildman–Crippen MR) is 73.6 cm³/mol. The number of ether oxygens (including phenoxy) is 1. The number of aliphatic hydroxyl groups is 1. The monoisotopic (exact) mass is 249 g/mol. The van der Waals surface area contributed by atoms with E-state index in [1.807, 2.05) is 12.1 Å². The smallest absolute Gasteiger partial charge is 0.120 e. The highest BCUT2D eigenvalue weighted by Crippen LogP contribution is 2.36. The molecule has 1 unspecified atom stereocenters. The molecule has 3 heteroatoms. The van der Waals surface area contributed by atoms with Crippen molar-refractivity contribution < 1.29 is 9.84 Å². The summed E-state index contributed by atoms with van der Waals surface area (Å²) < 4.78 is 5.13. The van der Waals surface area contributed by atoms with E-state index in [1.165, 1.54) is 25.7 Å². The highest BCUT2D eigenvalue weighted by atomic mass is 16.5. The van der Waals surface area contributed by atoms with Crippen molar-refractivity contribution in [3.05, 3.63) is 23.8 Å². The largest absolute Gasteiger partial charge is 0.497 e. The number of nitrogens with two attached hydrogens (primary N) is 1. The predicted octanol–water partition coefficient (Wildman–Crippen LogP) is 3.28. The summed E-state index contributed by atoms with van der Waals surface area (Å²) in [5.74, 6) is 1.09. The maximum absolute atomic E-state index is 10.5. The molecule has 0 aromatic heterocycles. The Balaban J connectivity index is 2.14. The van der Waals surface area contributed by atoms with Crippen LogP contribution in [0.2, 0.25) is 0 Å². The van der Waals surface area contributed by atoms with Gasteiger partial charge in [-0.25, -0.2) is 0 Å². The third-order valence-corrected chi connectivity index (χ3v) is 3.96. The molecule has 1 aromatic carbocycles. The van der Waals surface area contributed by atoms with Gasteiger partial charge in [-0.2, -0.15) is 0 Å². The first-order valence-corrected chi connectivity index (χ1v) is 6.84. The zero-order chi connectivity index (χ0) is 13.0. The molecular formula is C15H23NO2. The molecule has 2 rings (SSSR count). The Morgan fingerprint density at radius 2 is 1.89 bits per heavy atom. The molecule has 18 heavy (non-hydrogen) atoms. The van der Waals surface area contributed by atoms with Gasteiger partial charge in [0.25, 0.3) is 0 Å². The first-order valence-electron chi connectivity index (χ1n) is 6.84. The quantitative estimate of drug-likeness (QED) is 0.638. The van der Waals surface area contributed by atoms with Crippen molar-refractivity contribution in [2.75, 3.05) is 12.8 Å². The maximum Gasteiger partial charge on any atom is 0.120 e. The second-order valence-electron chi connectivity index (χ2n) is 5.19. The van der Waals surface area contributed by atoms with Gasteiger partial charge in [0.2, 0.25) is 0 Å². The second kappa shape index (κ2) is 6.10. The van der Waals surface area contributed by atoms with E-state index in [9.17, 15) is 5.11 Å². The van der Waals surface area contributed by atoms with Gasteiger partial charge in [-0.3, -0.25) is 0 Å². The number of aliphatic hydroxyl groups excluding tert-OH is 1. The Morgan fingerprint density at radius 3 is 2.44 bits per heavy atom. The molecule has 1 aliphatic carbocycles. The Hall–Kier alpha value is -1.22. The van der Waals surface area contributed by atoms with Crippen LogP contribution in [0.1, 0.15) is 50.2 Å². The van der Waals surface area contributed by atoms with Crippen LogP contribution >= 0.6 is 0 Å². The molecular weight excluding hydrogens is 226 g/mol. The number of anilines is 1. The van der Waals surface area contributed by atoms with Crippen LogP contribution in [-0.4, -0.2) is 12.2 Å². The first-order chi connectivity index (χ1) is 8.72. The van der Waals surface area contributed by atoms with E-state index in [2.05, 4.69) is 0 Å². The molecule has 0 radical (unpaired) electrons. The summed E-state index contributed by atoms with van der Waals surface area (Å²) >= 11 is 0. The van der Waals surface area contributed by atoms with Crippen LogP contribution in [0, 0.1) is 5.92 Å². The molecule has 0 aliphatic heterocycles. The fourth-order valence-corrected chi connectivity index (χ4v) is 2.83. The molecule has 0 spiro atoms. The Labute approximate surface area is 109 Å². The molecule has 0 bridgehead atoms. The summed E-state index contributed by atoms with van der Waals surface area (Å²) in [5.41, 5.74) is 7.48. The summed E-state index contributed by atoms with van der Waals surface area (Å²) in [4.78, 5) is 0. The number of hydrogen-bond donors (Lipinski definition) is 2. The third kappa shape index (κ3) is 2.96.